The molecule has 0 radical (unpaired) electrons. The fraction of sp³-hybridized carbons (Fsp3) is 0.294. The summed E-state index contributed by atoms with van der Waals surface area (Å²) >= 11 is 2.95. The number of aromatic nitrogens is 1. The van der Waals surface area contributed by atoms with Gasteiger partial charge in [-0.25, -0.2) is 4.98 Å². The van der Waals surface area contributed by atoms with Crippen molar-refractivity contribution in [2.75, 3.05) is 11.9 Å². The first-order valence-electron chi connectivity index (χ1n) is 7.83. The first kappa shape index (κ1) is 15.6. The van der Waals surface area contributed by atoms with Gasteiger partial charge in [0, 0.05) is 17.8 Å². The molecule has 1 aromatic carbocycles. The number of aliphatic hydroxyl groups is 1. The van der Waals surface area contributed by atoms with Crippen LogP contribution < -0.4 is 10.6 Å². The van der Waals surface area contributed by atoms with Gasteiger partial charge < -0.3 is 15.7 Å². The molecule has 1 aliphatic carbocycles. The summed E-state index contributed by atoms with van der Waals surface area (Å²) in [5.74, 6) is -0.0614. The van der Waals surface area contributed by atoms with E-state index in [2.05, 4.69) is 15.6 Å². The zero-order chi connectivity index (χ0) is 16.6. The molecule has 0 aliphatic heterocycles. The Morgan fingerprint density at radius 3 is 2.71 bits per heavy atom. The van der Waals surface area contributed by atoms with Gasteiger partial charge in [-0.3, -0.25) is 4.79 Å². The number of thiophene rings is 1. The number of aliphatic hydroxyl groups excluding tert-OH is 1. The van der Waals surface area contributed by atoms with Gasteiger partial charge in [-0.05, 0) is 37.5 Å². The van der Waals surface area contributed by atoms with E-state index in [4.69, 9.17) is 5.11 Å². The van der Waals surface area contributed by atoms with E-state index in [1.165, 1.54) is 11.3 Å². The molecule has 5 nitrogen and oxygen atoms in total. The van der Waals surface area contributed by atoms with Crippen LogP contribution in [0.4, 0.5) is 10.8 Å². The third-order valence-electron chi connectivity index (χ3n) is 4.16. The van der Waals surface area contributed by atoms with Gasteiger partial charge in [-0.1, -0.05) is 29.5 Å². The maximum atomic E-state index is 12.4. The highest BCUT2D eigenvalue weighted by Gasteiger charge is 2.43. The van der Waals surface area contributed by atoms with Crippen molar-refractivity contribution in [3.05, 3.63) is 41.3 Å². The van der Waals surface area contributed by atoms with Crippen LogP contribution in [-0.4, -0.2) is 28.1 Å². The van der Waals surface area contributed by atoms with E-state index in [9.17, 15) is 4.79 Å². The predicted octanol–water partition coefficient (Wildman–Crippen LogP) is 3.75. The lowest BCUT2D eigenvalue weighted by molar-refractivity contribution is 0.0928. The SMILES string of the molecule is O=C(NC1(CCO)CC1)c1cc2sc(Nc3ccccc3)nc2s1. The third-order valence-corrected chi connectivity index (χ3v) is 6.24. The summed E-state index contributed by atoms with van der Waals surface area (Å²) in [6.07, 6.45) is 2.52. The quantitative estimate of drug-likeness (QED) is 0.627. The van der Waals surface area contributed by atoms with Crippen molar-refractivity contribution in [1.82, 2.24) is 10.3 Å². The standard InChI is InChI=1S/C17H17N3O2S2/c21-9-8-17(6-7-17)20-14(22)12-10-13-15(23-12)19-16(24-13)18-11-4-2-1-3-5-11/h1-5,10,21H,6-9H2,(H,18,19)(H,20,22). The third kappa shape index (κ3) is 3.15. The van der Waals surface area contributed by atoms with Gasteiger partial charge in [0.15, 0.2) is 5.13 Å². The van der Waals surface area contributed by atoms with Gasteiger partial charge in [0.25, 0.3) is 5.91 Å². The van der Waals surface area contributed by atoms with Crippen LogP contribution in [0.2, 0.25) is 0 Å². The summed E-state index contributed by atoms with van der Waals surface area (Å²) in [7, 11) is 0. The summed E-state index contributed by atoms with van der Waals surface area (Å²) in [6, 6.07) is 11.8. The lowest BCUT2D eigenvalue weighted by atomic mass is 10.2. The molecule has 2 aromatic heterocycles. The molecule has 2 heterocycles. The molecule has 0 spiro atoms. The number of hydrogen-bond acceptors (Lipinski definition) is 6. The lowest BCUT2D eigenvalue weighted by Gasteiger charge is -2.14. The predicted molar refractivity (Wildman–Crippen MR) is 98.4 cm³/mol. The lowest BCUT2D eigenvalue weighted by Crippen LogP contribution is -2.37. The Hall–Kier alpha value is -1.96. The minimum atomic E-state index is -0.184. The molecule has 1 saturated carbocycles. The van der Waals surface area contributed by atoms with Gasteiger partial charge in [-0.2, -0.15) is 0 Å². The summed E-state index contributed by atoms with van der Waals surface area (Å²) in [5.41, 5.74) is 0.813. The Bertz CT molecular complexity index is 837. The molecule has 7 heteroatoms. The van der Waals surface area contributed by atoms with Gasteiger partial charge >= 0.3 is 0 Å². The number of carbonyl (C=O) groups is 1. The Morgan fingerprint density at radius 2 is 2.04 bits per heavy atom. The highest BCUT2D eigenvalue weighted by atomic mass is 32.1. The van der Waals surface area contributed by atoms with Crippen molar-refractivity contribution >= 4 is 48.9 Å². The van der Waals surface area contributed by atoms with Crippen LogP contribution >= 0.6 is 22.7 Å². The number of nitrogens with zero attached hydrogens (tertiary/aromatic N) is 1. The topological polar surface area (TPSA) is 74.2 Å². The first-order valence-corrected chi connectivity index (χ1v) is 9.47. The monoisotopic (exact) mass is 359 g/mol. The number of anilines is 2. The van der Waals surface area contributed by atoms with Gasteiger partial charge in [0.2, 0.25) is 0 Å². The van der Waals surface area contributed by atoms with Gasteiger partial charge in [0.05, 0.1) is 9.58 Å². The maximum absolute atomic E-state index is 12.4. The van der Waals surface area contributed by atoms with Crippen LogP contribution in [0.1, 0.15) is 28.9 Å². The fourth-order valence-electron chi connectivity index (χ4n) is 2.65. The second-order valence-corrected chi connectivity index (χ2v) is 8.06. The van der Waals surface area contributed by atoms with Crippen LogP contribution in [-0.2, 0) is 0 Å². The second kappa shape index (κ2) is 6.16. The van der Waals surface area contributed by atoms with Gasteiger partial charge in [-0.15, -0.1) is 11.3 Å². The largest absolute Gasteiger partial charge is 0.396 e. The second-order valence-electron chi connectivity index (χ2n) is 6.00. The minimum absolute atomic E-state index is 0.0614. The van der Waals surface area contributed by atoms with E-state index in [0.29, 0.717) is 11.3 Å². The molecule has 4 rings (SSSR count). The normalized spacial score (nSPS) is 15.4. The highest BCUT2D eigenvalue weighted by molar-refractivity contribution is 7.29. The molecule has 0 unspecified atom stereocenters. The molecule has 24 heavy (non-hydrogen) atoms. The number of rotatable bonds is 6. The van der Waals surface area contributed by atoms with Crippen LogP contribution in [0.5, 0.6) is 0 Å². The molecule has 0 atom stereocenters. The van der Waals surface area contributed by atoms with E-state index in [-0.39, 0.29) is 18.1 Å². The Balaban J connectivity index is 1.48. The van der Waals surface area contributed by atoms with Crippen molar-refractivity contribution in [2.24, 2.45) is 0 Å². The number of fused-ring (bicyclic) bond motifs is 1. The average Bonchev–Trinajstić information content (AvgIpc) is 3.03. The Labute approximate surface area is 147 Å². The minimum Gasteiger partial charge on any atom is -0.396 e. The molecule has 3 aromatic rings. The molecule has 1 fully saturated rings. The number of benzene rings is 1. The van der Waals surface area contributed by atoms with Crippen LogP contribution in [0.15, 0.2) is 36.4 Å². The Kier molecular flexibility index (Phi) is 3.99. The van der Waals surface area contributed by atoms with Gasteiger partial charge in [0.1, 0.15) is 4.83 Å². The number of carbonyl (C=O) groups excluding carboxylic acids is 1. The molecular formula is C17H17N3O2S2. The fourth-order valence-corrected chi connectivity index (χ4v) is 4.68. The summed E-state index contributed by atoms with van der Waals surface area (Å²) < 4.78 is 1.01. The van der Waals surface area contributed by atoms with Crippen molar-refractivity contribution in [3.8, 4) is 0 Å². The highest BCUT2D eigenvalue weighted by Crippen LogP contribution is 2.39. The number of nitrogens with one attached hydrogen (secondary N) is 2. The molecular weight excluding hydrogens is 342 g/mol. The molecule has 1 aliphatic rings. The van der Waals surface area contributed by atoms with Crippen molar-refractivity contribution in [3.63, 3.8) is 0 Å². The summed E-state index contributed by atoms with van der Waals surface area (Å²) in [5, 5.41) is 16.3. The van der Waals surface area contributed by atoms with Crippen LogP contribution in [0.25, 0.3) is 9.53 Å². The number of amides is 1. The molecule has 1 amide bonds. The zero-order valence-corrected chi connectivity index (χ0v) is 14.5. The number of para-hydroxylation sites is 1. The van der Waals surface area contributed by atoms with E-state index < -0.39 is 0 Å². The molecule has 124 valence electrons. The van der Waals surface area contributed by atoms with E-state index in [0.717, 1.165) is 33.2 Å². The zero-order valence-electron chi connectivity index (χ0n) is 12.9. The summed E-state index contributed by atoms with van der Waals surface area (Å²) in [4.78, 5) is 18.5. The average molecular weight is 359 g/mol. The van der Waals surface area contributed by atoms with Crippen molar-refractivity contribution in [1.29, 1.82) is 0 Å². The van der Waals surface area contributed by atoms with Crippen molar-refractivity contribution in [2.45, 2.75) is 24.8 Å². The molecule has 0 saturated heterocycles. The van der Waals surface area contributed by atoms with E-state index in [1.807, 2.05) is 36.4 Å². The van der Waals surface area contributed by atoms with Crippen LogP contribution in [0, 0.1) is 0 Å². The molecule has 0 bridgehead atoms. The molecule has 3 N–H and O–H groups in total. The first-order chi connectivity index (χ1) is 11.7. The van der Waals surface area contributed by atoms with E-state index in [1.54, 1.807) is 11.3 Å². The Morgan fingerprint density at radius 1 is 1.25 bits per heavy atom. The maximum Gasteiger partial charge on any atom is 0.261 e. The van der Waals surface area contributed by atoms with Crippen LogP contribution in [0.3, 0.4) is 0 Å². The smallest absolute Gasteiger partial charge is 0.261 e. The van der Waals surface area contributed by atoms with E-state index >= 15 is 0 Å². The van der Waals surface area contributed by atoms with Crippen molar-refractivity contribution < 1.29 is 9.90 Å². The number of thiazole rings is 1. The number of hydrogen-bond donors (Lipinski definition) is 3. The summed E-state index contributed by atoms with van der Waals surface area (Å²) in [6.45, 7) is 0.107.